The summed E-state index contributed by atoms with van der Waals surface area (Å²) in [5.74, 6) is 2.69. The smallest absolute Gasteiger partial charge is 0.233 e. The number of ether oxygens (including phenoxy) is 6. The van der Waals surface area contributed by atoms with Gasteiger partial charge in [-0.2, -0.15) is 4.73 Å². The molecule has 0 atom stereocenters. The first-order chi connectivity index (χ1) is 28.5. The average Bonchev–Trinajstić information content (AvgIpc) is 3.68. The van der Waals surface area contributed by atoms with Crippen LogP contribution in [-0.4, -0.2) is 95.5 Å². The third-order valence-corrected chi connectivity index (χ3v) is 9.28. The highest BCUT2D eigenvalue weighted by Gasteiger charge is 2.16. The van der Waals surface area contributed by atoms with Crippen LogP contribution in [0.5, 0.6) is 11.5 Å². The summed E-state index contributed by atoms with van der Waals surface area (Å²) in [6.45, 7) is 8.19. The number of para-hydroxylation sites is 2. The predicted octanol–water partition coefficient (Wildman–Crippen LogP) is 7.69. The molecule has 0 radical (unpaired) electrons. The quantitative estimate of drug-likeness (QED) is 0.0517. The molecule has 6 aromatic rings. The van der Waals surface area contributed by atoms with Crippen molar-refractivity contribution in [2.75, 3.05) is 86.1 Å². The molecule has 312 valence electrons. The number of fused-ring (bicyclic) bond motifs is 3. The van der Waals surface area contributed by atoms with Crippen molar-refractivity contribution in [1.29, 1.82) is 0 Å². The van der Waals surface area contributed by atoms with Crippen molar-refractivity contribution in [3.05, 3.63) is 132 Å². The number of unbranched alkanes of at least 4 members (excludes halogenated alkanes) is 1. The van der Waals surface area contributed by atoms with E-state index in [1.807, 2.05) is 84.4 Å². The maximum absolute atomic E-state index is 11.5. The maximum atomic E-state index is 11.5. The van der Waals surface area contributed by atoms with Gasteiger partial charge in [-0.1, -0.05) is 48.5 Å². The fourth-order valence-corrected chi connectivity index (χ4v) is 6.27. The first-order valence-corrected chi connectivity index (χ1v) is 20.0. The molecule has 1 aliphatic rings. The standard InChI is InChI=1S/C13H14O2.C12H17NO2.C11H17NO2.C10H13N3O/c1-14-9-10-15-13-8-4-6-11-5-2-3-7-12(11)13;1-14-9-4-7-13-8-10-15-12-6-3-2-5-11(12)13;1-10-6-5-8-11(12(10)13)7-3-4-9-14-2;1-14-7-2-4-9-8-12-10-11-5-3-6-13(9)10/h2-8H,9-10H2,1H3;2-3,5-6H,4,7-10H2,1H3;5-6,8H,3-4,7,9H2,1-2H3;3,5-6,8H,2,4,7H2,1H3. The second-order valence-corrected chi connectivity index (χ2v) is 13.5. The van der Waals surface area contributed by atoms with Gasteiger partial charge in [0.05, 0.1) is 25.0 Å². The first-order valence-electron chi connectivity index (χ1n) is 20.0. The Bertz CT molecular complexity index is 2020. The summed E-state index contributed by atoms with van der Waals surface area (Å²) in [6, 6.07) is 30.0. The number of imidazole rings is 1. The molecular formula is C46H61N5O7. The fourth-order valence-electron chi connectivity index (χ4n) is 6.27. The van der Waals surface area contributed by atoms with E-state index in [0.29, 0.717) is 13.2 Å². The van der Waals surface area contributed by atoms with Gasteiger partial charge in [0.1, 0.15) is 24.7 Å². The Labute approximate surface area is 343 Å². The third-order valence-electron chi connectivity index (χ3n) is 9.28. The van der Waals surface area contributed by atoms with Crippen LogP contribution in [0.1, 0.15) is 42.8 Å². The third kappa shape index (κ3) is 14.9. The van der Waals surface area contributed by atoms with E-state index in [1.54, 1.807) is 34.6 Å². The van der Waals surface area contributed by atoms with Crippen LogP contribution >= 0.6 is 0 Å². The van der Waals surface area contributed by atoms with Gasteiger partial charge in [-0.3, -0.25) is 4.40 Å². The summed E-state index contributed by atoms with van der Waals surface area (Å²) in [6.07, 6.45) is 11.5. The lowest BCUT2D eigenvalue weighted by atomic mass is 10.1. The van der Waals surface area contributed by atoms with Crippen molar-refractivity contribution < 1.29 is 33.2 Å². The van der Waals surface area contributed by atoms with Crippen molar-refractivity contribution in [3.63, 3.8) is 0 Å². The lowest BCUT2D eigenvalue weighted by Crippen LogP contribution is -2.34. The maximum Gasteiger partial charge on any atom is 0.233 e. The summed E-state index contributed by atoms with van der Waals surface area (Å²) in [5, 5.41) is 13.9. The predicted molar refractivity (Wildman–Crippen MR) is 230 cm³/mol. The van der Waals surface area contributed by atoms with E-state index >= 15 is 0 Å². The Hall–Kier alpha value is -5.27. The number of rotatable bonds is 17. The van der Waals surface area contributed by atoms with Gasteiger partial charge in [0, 0.05) is 104 Å². The Balaban J connectivity index is 0.000000171. The molecule has 0 saturated heterocycles. The van der Waals surface area contributed by atoms with Crippen LogP contribution in [0.15, 0.2) is 110 Å². The normalized spacial score (nSPS) is 11.6. The number of benzene rings is 3. The monoisotopic (exact) mass is 795 g/mol. The molecule has 1 aliphatic heterocycles. The number of hydrogen-bond donors (Lipinski definition) is 0. The lowest BCUT2D eigenvalue weighted by Gasteiger charge is -2.31. The molecule has 0 amide bonds. The number of aryl methyl sites for hydroxylation is 3. The van der Waals surface area contributed by atoms with E-state index in [4.69, 9.17) is 28.4 Å². The Morgan fingerprint density at radius 3 is 2.26 bits per heavy atom. The van der Waals surface area contributed by atoms with E-state index in [9.17, 15) is 5.21 Å². The van der Waals surface area contributed by atoms with E-state index in [0.717, 1.165) is 117 Å². The van der Waals surface area contributed by atoms with Gasteiger partial charge in [-0.15, -0.1) is 0 Å². The Kier molecular flexibility index (Phi) is 20.8. The highest BCUT2D eigenvalue weighted by Crippen LogP contribution is 2.30. The molecular weight excluding hydrogens is 735 g/mol. The molecule has 0 spiro atoms. The van der Waals surface area contributed by atoms with Gasteiger partial charge in [0.2, 0.25) is 5.78 Å². The molecule has 12 nitrogen and oxygen atoms in total. The van der Waals surface area contributed by atoms with Gasteiger partial charge < -0.3 is 38.5 Å². The van der Waals surface area contributed by atoms with Crippen LogP contribution in [0.4, 0.5) is 5.69 Å². The average molecular weight is 796 g/mol. The van der Waals surface area contributed by atoms with E-state index in [-0.39, 0.29) is 0 Å². The van der Waals surface area contributed by atoms with Crippen LogP contribution < -0.4 is 19.1 Å². The van der Waals surface area contributed by atoms with Gasteiger partial charge >= 0.3 is 0 Å². The summed E-state index contributed by atoms with van der Waals surface area (Å²) in [4.78, 5) is 10.7. The molecule has 0 aliphatic carbocycles. The molecule has 0 N–H and O–H groups in total. The summed E-state index contributed by atoms with van der Waals surface area (Å²) >= 11 is 0. The van der Waals surface area contributed by atoms with Crippen molar-refractivity contribution in [2.45, 2.75) is 45.4 Å². The number of aromatic nitrogens is 4. The molecule has 0 bridgehead atoms. The highest BCUT2D eigenvalue weighted by atomic mass is 16.5. The minimum atomic E-state index is 0.588. The van der Waals surface area contributed by atoms with Gasteiger partial charge in [-0.25, -0.2) is 9.97 Å². The van der Waals surface area contributed by atoms with Crippen molar-refractivity contribution in [1.82, 2.24) is 14.4 Å². The SMILES string of the molecule is COCCCCc1cccc(C)[n+]1[O-].COCCCN1CCOc2ccccc21.COCCCc1cnc2ncccn12.COCCOc1cccc2ccccc12. The van der Waals surface area contributed by atoms with Crippen LogP contribution in [0, 0.1) is 12.1 Å². The number of hydrogen-bond acceptors (Lipinski definition) is 10. The highest BCUT2D eigenvalue weighted by molar-refractivity contribution is 5.88. The Morgan fingerprint density at radius 2 is 1.43 bits per heavy atom. The van der Waals surface area contributed by atoms with Crippen LogP contribution in [0.25, 0.3) is 16.6 Å². The second kappa shape index (κ2) is 26.6. The zero-order valence-corrected chi connectivity index (χ0v) is 34.9. The van der Waals surface area contributed by atoms with E-state index in [1.165, 1.54) is 16.8 Å². The molecule has 3 aromatic carbocycles. The van der Waals surface area contributed by atoms with Crippen LogP contribution in [-0.2, 0) is 31.8 Å². The van der Waals surface area contributed by atoms with E-state index in [2.05, 4.69) is 45.2 Å². The molecule has 58 heavy (non-hydrogen) atoms. The van der Waals surface area contributed by atoms with Crippen LogP contribution in [0.3, 0.4) is 0 Å². The number of methoxy groups -OCH3 is 4. The summed E-state index contributed by atoms with van der Waals surface area (Å²) in [7, 11) is 6.83. The summed E-state index contributed by atoms with van der Waals surface area (Å²) in [5.41, 5.74) is 4.00. The second-order valence-electron chi connectivity index (χ2n) is 13.5. The molecule has 7 rings (SSSR count). The van der Waals surface area contributed by atoms with Gasteiger partial charge in [0.15, 0.2) is 11.4 Å². The Morgan fingerprint density at radius 1 is 0.707 bits per heavy atom. The zero-order chi connectivity index (χ0) is 41.2. The van der Waals surface area contributed by atoms with Crippen LogP contribution in [0.2, 0.25) is 0 Å². The minimum Gasteiger partial charge on any atom is -0.618 e. The number of pyridine rings is 1. The molecule has 0 fully saturated rings. The largest absolute Gasteiger partial charge is 0.618 e. The molecule has 0 unspecified atom stereocenters. The molecule has 4 heterocycles. The van der Waals surface area contributed by atoms with Crippen molar-refractivity contribution in [3.8, 4) is 11.5 Å². The minimum absolute atomic E-state index is 0.588. The van der Waals surface area contributed by atoms with Gasteiger partial charge in [0.25, 0.3) is 0 Å². The fraction of sp³-hybridized carbons (Fsp3) is 0.413. The van der Waals surface area contributed by atoms with Crippen molar-refractivity contribution >= 4 is 22.2 Å². The number of anilines is 1. The van der Waals surface area contributed by atoms with E-state index < -0.39 is 0 Å². The van der Waals surface area contributed by atoms with Crippen molar-refractivity contribution in [2.24, 2.45) is 0 Å². The molecule has 0 saturated carbocycles. The number of nitrogens with zero attached hydrogens (tertiary/aromatic N) is 5. The molecule has 3 aromatic heterocycles. The molecule has 12 heteroatoms. The van der Waals surface area contributed by atoms with Gasteiger partial charge in [-0.05, 0) is 67.8 Å². The first kappa shape index (κ1) is 45.4. The summed E-state index contributed by atoms with van der Waals surface area (Å²) < 4.78 is 34.2. The topological polar surface area (TPSA) is 116 Å². The zero-order valence-electron chi connectivity index (χ0n) is 34.9. The lowest BCUT2D eigenvalue weighted by molar-refractivity contribution is -0.620.